The van der Waals surface area contributed by atoms with E-state index in [0.29, 0.717) is 17.8 Å². The molecule has 2 rings (SSSR count). The maximum atomic E-state index is 13.0. The Morgan fingerprint density at radius 2 is 1.96 bits per heavy atom. The lowest BCUT2D eigenvalue weighted by Gasteiger charge is -2.26. The van der Waals surface area contributed by atoms with Crippen molar-refractivity contribution in [3.8, 4) is 0 Å². The summed E-state index contributed by atoms with van der Waals surface area (Å²) in [7, 11) is 0. The number of aromatic nitrogens is 2. The summed E-state index contributed by atoms with van der Waals surface area (Å²) in [4.78, 5) is 14.2. The van der Waals surface area contributed by atoms with Crippen LogP contribution in [0.2, 0.25) is 0 Å². The van der Waals surface area contributed by atoms with Crippen molar-refractivity contribution in [2.75, 3.05) is 13.1 Å². The number of H-pyrrole nitrogens is 1. The molecule has 0 aliphatic rings. The summed E-state index contributed by atoms with van der Waals surface area (Å²) in [5.74, 6) is -0.341. The molecule has 1 heterocycles. The number of carbonyl (C=O) groups is 1. The molecule has 0 aliphatic heterocycles. The zero-order chi connectivity index (χ0) is 17.0. The standard InChI is InChI=1S/C17H22FN3O2/c1-11(2)9-21(17(23)15-8-12(3)19-20-15)10-16(22)13-4-6-14(18)7-5-13/h4-8,11,16,22H,9-10H2,1-3H3,(H,19,20)/t16-/m1/s1. The van der Waals surface area contributed by atoms with E-state index in [1.165, 1.54) is 24.3 Å². The van der Waals surface area contributed by atoms with Crippen LogP contribution in [0.3, 0.4) is 0 Å². The van der Waals surface area contributed by atoms with Crippen LogP contribution in [-0.4, -0.2) is 39.2 Å². The maximum Gasteiger partial charge on any atom is 0.274 e. The number of aliphatic hydroxyl groups excluding tert-OH is 1. The molecular formula is C17H22FN3O2. The summed E-state index contributed by atoms with van der Waals surface area (Å²) in [5.41, 5.74) is 1.71. The largest absolute Gasteiger partial charge is 0.387 e. The molecular weight excluding hydrogens is 297 g/mol. The summed E-state index contributed by atoms with van der Waals surface area (Å²) in [6.07, 6.45) is -0.877. The van der Waals surface area contributed by atoms with E-state index in [9.17, 15) is 14.3 Å². The molecule has 1 amide bonds. The lowest BCUT2D eigenvalue weighted by Crippen LogP contribution is -2.37. The van der Waals surface area contributed by atoms with Gasteiger partial charge in [0.05, 0.1) is 12.6 Å². The van der Waals surface area contributed by atoms with Gasteiger partial charge in [-0.2, -0.15) is 5.10 Å². The Labute approximate surface area is 135 Å². The van der Waals surface area contributed by atoms with Crippen LogP contribution in [0.4, 0.5) is 4.39 Å². The molecule has 0 aliphatic carbocycles. The topological polar surface area (TPSA) is 69.2 Å². The number of hydrogen-bond acceptors (Lipinski definition) is 3. The van der Waals surface area contributed by atoms with Crippen LogP contribution in [0.25, 0.3) is 0 Å². The van der Waals surface area contributed by atoms with E-state index >= 15 is 0 Å². The molecule has 6 heteroatoms. The van der Waals surface area contributed by atoms with Gasteiger partial charge in [-0.05, 0) is 36.6 Å². The van der Waals surface area contributed by atoms with E-state index in [1.807, 2.05) is 20.8 Å². The number of aromatic amines is 1. The molecule has 0 radical (unpaired) electrons. The zero-order valence-corrected chi connectivity index (χ0v) is 13.6. The van der Waals surface area contributed by atoms with E-state index in [1.54, 1.807) is 11.0 Å². The Kier molecular flexibility index (Phi) is 5.50. The van der Waals surface area contributed by atoms with Gasteiger partial charge < -0.3 is 10.0 Å². The average molecular weight is 319 g/mol. The highest BCUT2D eigenvalue weighted by molar-refractivity contribution is 5.92. The van der Waals surface area contributed by atoms with Crippen LogP contribution in [0, 0.1) is 18.7 Å². The Balaban J connectivity index is 2.14. The van der Waals surface area contributed by atoms with Gasteiger partial charge in [-0.1, -0.05) is 26.0 Å². The smallest absolute Gasteiger partial charge is 0.274 e. The quantitative estimate of drug-likeness (QED) is 0.860. The normalized spacial score (nSPS) is 12.4. The van der Waals surface area contributed by atoms with E-state index in [0.717, 1.165) is 5.69 Å². The fourth-order valence-electron chi connectivity index (χ4n) is 2.37. The first kappa shape index (κ1) is 17.1. The van der Waals surface area contributed by atoms with Crippen molar-refractivity contribution >= 4 is 5.91 Å². The van der Waals surface area contributed by atoms with E-state index in [4.69, 9.17) is 0 Å². The fraction of sp³-hybridized carbons (Fsp3) is 0.412. The summed E-state index contributed by atoms with van der Waals surface area (Å²) < 4.78 is 13.0. The predicted octanol–water partition coefficient (Wildman–Crippen LogP) is 2.69. The van der Waals surface area contributed by atoms with Gasteiger partial charge in [0.1, 0.15) is 11.5 Å². The van der Waals surface area contributed by atoms with Crippen LogP contribution in [0.5, 0.6) is 0 Å². The molecule has 23 heavy (non-hydrogen) atoms. The third kappa shape index (κ3) is 4.63. The number of hydrogen-bond donors (Lipinski definition) is 2. The molecule has 5 nitrogen and oxygen atoms in total. The zero-order valence-electron chi connectivity index (χ0n) is 13.6. The van der Waals surface area contributed by atoms with E-state index in [2.05, 4.69) is 10.2 Å². The molecule has 2 N–H and O–H groups in total. The maximum absolute atomic E-state index is 13.0. The lowest BCUT2D eigenvalue weighted by molar-refractivity contribution is 0.0589. The predicted molar refractivity (Wildman–Crippen MR) is 85.4 cm³/mol. The lowest BCUT2D eigenvalue weighted by atomic mass is 10.1. The average Bonchev–Trinajstić information content (AvgIpc) is 2.92. The number of halogens is 1. The Morgan fingerprint density at radius 1 is 1.30 bits per heavy atom. The summed E-state index contributed by atoms with van der Waals surface area (Å²) in [6.45, 7) is 6.46. The molecule has 0 saturated carbocycles. The van der Waals surface area contributed by atoms with Crippen LogP contribution in [0.1, 0.15) is 41.7 Å². The molecule has 1 aromatic heterocycles. The Bertz CT molecular complexity index is 652. The number of carbonyl (C=O) groups excluding carboxylic acids is 1. The van der Waals surface area contributed by atoms with E-state index < -0.39 is 6.10 Å². The van der Waals surface area contributed by atoms with Crippen molar-refractivity contribution in [1.82, 2.24) is 15.1 Å². The molecule has 2 aromatic rings. The van der Waals surface area contributed by atoms with Crippen molar-refractivity contribution in [2.45, 2.75) is 26.9 Å². The third-order valence-corrected chi connectivity index (χ3v) is 3.45. The highest BCUT2D eigenvalue weighted by Gasteiger charge is 2.22. The number of amides is 1. The number of nitrogens with one attached hydrogen (secondary N) is 1. The highest BCUT2D eigenvalue weighted by Crippen LogP contribution is 2.17. The van der Waals surface area contributed by atoms with Crippen LogP contribution in [0.15, 0.2) is 30.3 Å². The second kappa shape index (κ2) is 7.37. The van der Waals surface area contributed by atoms with Gasteiger partial charge in [-0.25, -0.2) is 4.39 Å². The highest BCUT2D eigenvalue weighted by atomic mass is 19.1. The van der Waals surface area contributed by atoms with Crippen molar-refractivity contribution in [3.63, 3.8) is 0 Å². The molecule has 1 aromatic carbocycles. The molecule has 1 atom stereocenters. The van der Waals surface area contributed by atoms with Gasteiger partial charge in [-0.15, -0.1) is 0 Å². The van der Waals surface area contributed by atoms with Gasteiger partial charge >= 0.3 is 0 Å². The molecule has 124 valence electrons. The number of aliphatic hydroxyl groups is 1. The Hall–Kier alpha value is -2.21. The Morgan fingerprint density at radius 3 is 2.48 bits per heavy atom. The minimum absolute atomic E-state index is 0.133. The van der Waals surface area contributed by atoms with E-state index in [-0.39, 0.29) is 24.2 Å². The first-order valence-electron chi connectivity index (χ1n) is 7.61. The summed E-state index contributed by atoms with van der Waals surface area (Å²) >= 11 is 0. The number of aryl methyl sites for hydroxylation is 1. The van der Waals surface area contributed by atoms with Crippen molar-refractivity contribution < 1.29 is 14.3 Å². The second-order valence-electron chi connectivity index (χ2n) is 6.11. The van der Waals surface area contributed by atoms with Crippen molar-refractivity contribution in [1.29, 1.82) is 0 Å². The van der Waals surface area contributed by atoms with Gasteiger partial charge in [0.25, 0.3) is 5.91 Å². The van der Waals surface area contributed by atoms with Gasteiger partial charge in [0.15, 0.2) is 0 Å². The number of nitrogens with zero attached hydrogens (tertiary/aromatic N) is 2. The van der Waals surface area contributed by atoms with Crippen LogP contribution in [-0.2, 0) is 0 Å². The molecule has 0 bridgehead atoms. The molecule has 0 fully saturated rings. The molecule has 0 spiro atoms. The minimum Gasteiger partial charge on any atom is -0.387 e. The molecule has 0 saturated heterocycles. The minimum atomic E-state index is -0.877. The molecule has 0 unspecified atom stereocenters. The van der Waals surface area contributed by atoms with Gasteiger partial charge in [-0.3, -0.25) is 9.89 Å². The summed E-state index contributed by atoms with van der Waals surface area (Å²) in [5, 5.41) is 17.1. The SMILES string of the molecule is Cc1cc(C(=O)N(CC(C)C)C[C@@H](O)c2ccc(F)cc2)n[nH]1. The second-order valence-corrected chi connectivity index (χ2v) is 6.11. The first-order valence-corrected chi connectivity index (χ1v) is 7.61. The van der Waals surface area contributed by atoms with Crippen molar-refractivity contribution in [2.24, 2.45) is 5.92 Å². The third-order valence-electron chi connectivity index (χ3n) is 3.45. The van der Waals surface area contributed by atoms with Gasteiger partial charge in [0, 0.05) is 12.2 Å². The van der Waals surface area contributed by atoms with Crippen LogP contribution < -0.4 is 0 Å². The summed E-state index contributed by atoms with van der Waals surface area (Å²) in [6, 6.07) is 7.32. The fourth-order valence-corrected chi connectivity index (χ4v) is 2.37. The van der Waals surface area contributed by atoms with Gasteiger partial charge in [0.2, 0.25) is 0 Å². The number of rotatable bonds is 6. The first-order chi connectivity index (χ1) is 10.9. The van der Waals surface area contributed by atoms with Crippen LogP contribution >= 0.6 is 0 Å². The number of benzene rings is 1. The van der Waals surface area contributed by atoms with Crippen molar-refractivity contribution in [3.05, 3.63) is 53.1 Å². The monoisotopic (exact) mass is 319 g/mol.